The average Bonchev–Trinajstić information content (AvgIpc) is 3.20. The number of nitrogens with two attached hydrogens (primary N) is 1. The van der Waals surface area contributed by atoms with Gasteiger partial charge in [-0.2, -0.15) is 4.57 Å². The van der Waals surface area contributed by atoms with Crippen molar-refractivity contribution < 1.29 is 38.0 Å². The minimum Gasteiger partial charge on any atom is -0.440 e. The molecule has 2 aromatic rings. The van der Waals surface area contributed by atoms with Gasteiger partial charge in [0, 0.05) is 41.9 Å². The Morgan fingerprint density at radius 2 is 1.95 bits per heavy atom. The van der Waals surface area contributed by atoms with E-state index >= 15 is 0 Å². The lowest BCUT2D eigenvalue weighted by atomic mass is 10.0. The second-order valence-corrected chi connectivity index (χ2v) is 9.05. The second kappa shape index (κ2) is 10.6. The van der Waals surface area contributed by atoms with Gasteiger partial charge in [0.2, 0.25) is 5.91 Å². The maximum atomic E-state index is 13.2. The number of alkyl carbamates (subject to hydrolysis) is 1. The number of nitrogens with one attached hydrogen (secondary N) is 1. The van der Waals surface area contributed by atoms with Crippen molar-refractivity contribution >= 4 is 35.5 Å². The number of aromatic nitrogens is 1. The number of esters is 1. The summed E-state index contributed by atoms with van der Waals surface area (Å²) in [6.07, 6.45) is 2.60. The van der Waals surface area contributed by atoms with Gasteiger partial charge in [-0.1, -0.05) is 6.07 Å². The number of fused-ring (bicyclic) bond motifs is 1. The summed E-state index contributed by atoms with van der Waals surface area (Å²) in [5.41, 5.74) is 7.67. The normalized spacial score (nSPS) is 17.2. The van der Waals surface area contributed by atoms with E-state index in [-0.39, 0.29) is 43.6 Å². The molecule has 37 heavy (non-hydrogen) atoms. The number of anilines is 1. The molecule has 12 nitrogen and oxygen atoms in total. The molecule has 4 amide bonds. The van der Waals surface area contributed by atoms with Crippen molar-refractivity contribution in [3.8, 4) is 0 Å². The summed E-state index contributed by atoms with van der Waals surface area (Å²) >= 11 is 0. The minimum absolute atomic E-state index is 0.0185. The Bertz CT molecular complexity index is 1260. The summed E-state index contributed by atoms with van der Waals surface area (Å²) in [5.74, 6) is -2.21. The van der Waals surface area contributed by atoms with Crippen molar-refractivity contribution in [1.82, 2.24) is 15.1 Å². The van der Waals surface area contributed by atoms with Crippen LogP contribution in [-0.2, 0) is 32.3 Å². The number of pyridine rings is 1. The summed E-state index contributed by atoms with van der Waals surface area (Å²) < 4.78 is 11.8. The predicted molar refractivity (Wildman–Crippen MR) is 127 cm³/mol. The molecular weight excluding hydrogens is 482 g/mol. The lowest BCUT2D eigenvalue weighted by Crippen LogP contribution is -2.55. The third-order valence-corrected chi connectivity index (χ3v) is 6.06. The van der Waals surface area contributed by atoms with E-state index in [1.165, 1.54) is 21.7 Å². The first kappa shape index (κ1) is 25.6. The molecule has 2 aliphatic heterocycles. The fraction of sp³-hybridized carbons (Fsp3) is 0.360. The van der Waals surface area contributed by atoms with Crippen molar-refractivity contribution in [1.29, 1.82) is 0 Å². The molecule has 3 N–H and O–H groups in total. The number of likely N-dealkylation sites (tertiary alicyclic amines) is 1. The second-order valence-electron chi connectivity index (χ2n) is 9.05. The third-order valence-electron chi connectivity index (χ3n) is 6.06. The van der Waals surface area contributed by atoms with Crippen LogP contribution in [0.15, 0.2) is 42.7 Å². The number of nitrogen functional groups attached to an aromatic ring is 1. The van der Waals surface area contributed by atoms with Crippen molar-refractivity contribution in [3.63, 3.8) is 0 Å². The van der Waals surface area contributed by atoms with Crippen LogP contribution in [0, 0.1) is 0 Å². The number of hydrogen-bond donors (Lipinski definition) is 2. The highest BCUT2D eigenvalue weighted by atomic mass is 16.6. The number of imide groups is 1. The summed E-state index contributed by atoms with van der Waals surface area (Å²) in [4.78, 5) is 65.1. The van der Waals surface area contributed by atoms with E-state index in [0.29, 0.717) is 16.8 Å². The number of carbonyl (C=O) groups is 5. The fourth-order valence-corrected chi connectivity index (χ4v) is 4.22. The van der Waals surface area contributed by atoms with Gasteiger partial charge in [-0.25, -0.2) is 14.5 Å². The maximum Gasteiger partial charge on any atom is 0.412 e. The first-order chi connectivity index (χ1) is 17.7. The van der Waals surface area contributed by atoms with E-state index < -0.39 is 36.6 Å². The summed E-state index contributed by atoms with van der Waals surface area (Å²) in [6, 6.07) is 7.11. The number of amides is 4. The number of carbonyl (C=O) groups excluding carboxylic acids is 5. The Morgan fingerprint density at radius 1 is 1.16 bits per heavy atom. The van der Waals surface area contributed by atoms with Crippen LogP contribution >= 0.6 is 0 Å². The molecule has 0 radical (unpaired) electrons. The van der Waals surface area contributed by atoms with Gasteiger partial charge in [-0.05, 0) is 38.5 Å². The number of ether oxygens (including phenoxy) is 2. The molecule has 2 aliphatic rings. The first-order valence-electron chi connectivity index (χ1n) is 11.8. The zero-order chi connectivity index (χ0) is 26.7. The molecule has 0 aliphatic carbocycles. The van der Waals surface area contributed by atoms with Gasteiger partial charge in [0.05, 0.1) is 0 Å². The van der Waals surface area contributed by atoms with Crippen molar-refractivity contribution in [2.24, 2.45) is 0 Å². The van der Waals surface area contributed by atoms with Gasteiger partial charge in [-0.3, -0.25) is 14.4 Å². The van der Waals surface area contributed by atoms with Crippen molar-refractivity contribution in [2.45, 2.75) is 52.0 Å². The third kappa shape index (κ3) is 5.52. The Kier molecular flexibility index (Phi) is 7.37. The zero-order valence-corrected chi connectivity index (χ0v) is 20.5. The molecule has 1 fully saturated rings. The molecule has 0 bridgehead atoms. The number of rotatable bonds is 7. The van der Waals surface area contributed by atoms with Gasteiger partial charge >= 0.3 is 12.1 Å². The number of hydrogen-bond acceptors (Lipinski definition) is 8. The predicted octanol–water partition coefficient (Wildman–Crippen LogP) is 0.936. The van der Waals surface area contributed by atoms with Crippen LogP contribution in [-0.4, -0.2) is 58.4 Å². The first-order valence-corrected chi connectivity index (χ1v) is 11.8. The molecular formula is C25H28N5O7+. The Hall–Kier alpha value is -4.48. The monoisotopic (exact) mass is 510 g/mol. The summed E-state index contributed by atoms with van der Waals surface area (Å²) in [6.45, 7) is 3.03. The van der Waals surface area contributed by atoms with Crippen LogP contribution in [0.3, 0.4) is 0 Å². The molecule has 1 atom stereocenters. The van der Waals surface area contributed by atoms with Crippen LogP contribution in [0.4, 0.5) is 10.5 Å². The van der Waals surface area contributed by atoms with Crippen LogP contribution in [0.2, 0.25) is 0 Å². The van der Waals surface area contributed by atoms with Gasteiger partial charge in [0.25, 0.3) is 18.5 Å². The van der Waals surface area contributed by atoms with Gasteiger partial charge < -0.3 is 25.4 Å². The fourth-order valence-electron chi connectivity index (χ4n) is 4.22. The van der Waals surface area contributed by atoms with Crippen molar-refractivity contribution in [3.05, 3.63) is 59.4 Å². The van der Waals surface area contributed by atoms with Gasteiger partial charge in [-0.15, -0.1) is 0 Å². The number of nitrogens with zero attached hydrogens (tertiary/aromatic N) is 3. The molecule has 12 heteroatoms. The highest BCUT2D eigenvalue weighted by Gasteiger charge is 2.43. The standard InChI is InChI=1S/C25H27N5O7/c1-15(2)27-25(35)37-13-28-10-4-5-16(11-28)24(34)36-14-30-21(31)9-8-20(23(30)33)29-12-18-17(22(29)32)6-3-7-19(18)26/h3-7,10-11,15,20H,8-9,12-14,26H2,1-2H3/p+1. The van der Waals surface area contributed by atoms with E-state index in [4.69, 9.17) is 15.2 Å². The highest BCUT2D eigenvalue weighted by molar-refractivity contribution is 6.06. The smallest absolute Gasteiger partial charge is 0.412 e. The average molecular weight is 511 g/mol. The molecule has 4 rings (SSSR count). The molecule has 1 unspecified atom stereocenters. The lowest BCUT2D eigenvalue weighted by molar-refractivity contribution is -0.727. The summed E-state index contributed by atoms with van der Waals surface area (Å²) in [7, 11) is 0. The van der Waals surface area contributed by atoms with Crippen molar-refractivity contribution in [2.75, 3.05) is 12.5 Å². The highest BCUT2D eigenvalue weighted by Crippen LogP contribution is 2.32. The van der Waals surface area contributed by atoms with Crippen LogP contribution in [0.25, 0.3) is 0 Å². The minimum atomic E-state index is -0.872. The van der Waals surface area contributed by atoms with Crippen LogP contribution in [0.5, 0.6) is 0 Å². The molecule has 1 aromatic carbocycles. The SMILES string of the molecule is CC(C)NC(=O)OC[n+]1cccc(C(=O)OCN2C(=O)CCC(N3Cc4c(N)cccc4C3=O)C2=O)c1. The molecule has 1 aromatic heterocycles. The van der Waals surface area contributed by atoms with E-state index in [2.05, 4.69) is 5.32 Å². The lowest BCUT2D eigenvalue weighted by Gasteiger charge is -2.34. The van der Waals surface area contributed by atoms with E-state index in [0.717, 1.165) is 4.90 Å². The van der Waals surface area contributed by atoms with E-state index in [1.54, 1.807) is 44.3 Å². The largest absolute Gasteiger partial charge is 0.440 e. The Labute approximate surface area is 212 Å². The van der Waals surface area contributed by atoms with Gasteiger partial charge in [0.15, 0.2) is 19.1 Å². The van der Waals surface area contributed by atoms with E-state index in [9.17, 15) is 24.0 Å². The zero-order valence-electron chi connectivity index (χ0n) is 20.5. The quantitative estimate of drug-likeness (QED) is 0.242. The summed E-state index contributed by atoms with van der Waals surface area (Å²) in [5, 5.41) is 2.58. The number of benzene rings is 1. The number of piperidine rings is 1. The molecule has 0 spiro atoms. The molecule has 0 saturated carbocycles. The molecule has 3 heterocycles. The molecule has 1 saturated heterocycles. The maximum absolute atomic E-state index is 13.2. The topological polar surface area (TPSA) is 152 Å². The van der Waals surface area contributed by atoms with Gasteiger partial charge in [0.1, 0.15) is 11.6 Å². The Balaban J connectivity index is 1.38. The van der Waals surface area contributed by atoms with E-state index in [1.807, 2.05) is 0 Å². The van der Waals surface area contributed by atoms with Crippen LogP contribution < -0.4 is 15.6 Å². The molecule has 194 valence electrons. The Morgan fingerprint density at radius 3 is 2.68 bits per heavy atom. The van der Waals surface area contributed by atoms with Crippen LogP contribution in [0.1, 0.15) is 53.0 Å².